The third-order valence-corrected chi connectivity index (χ3v) is 4.97. The summed E-state index contributed by atoms with van der Waals surface area (Å²) in [5, 5.41) is 21.6. The summed E-state index contributed by atoms with van der Waals surface area (Å²) in [6.45, 7) is 9.09. The van der Waals surface area contributed by atoms with Crippen molar-refractivity contribution in [3.05, 3.63) is 40.0 Å². The summed E-state index contributed by atoms with van der Waals surface area (Å²) >= 11 is 0. The minimum atomic E-state index is -2.23. The molecule has 3 rings (SSSR count). The van der Waals surface area contributed by atoms with Gasteiger partial charge in [-0.3, -0.25) is 4.79 Å². The minimum Gasteiger partial charge on any atom is -0.451 e. The molecule has 0 spiro atoms. The molecule has 1 aromatic carbocycles. The van der Waals surface area contributed by atoms with E-state index in [9.17, 15) is 15.0 Å². The van der Waals surface area contributed by atoms with Gasteiger partial charge in [-0.2, -0.15) is 0 Å². The first-order chi connectivity index (χ1) is 9.61. The van der Waals surface area contributed by atoms with E-state index in [1.165, 1.54) is 13.0 Å². The quantitative estimate of drug-likeness (QED) is 0.767. The maximum absolute atomic E-state index is 12.2. The third-order valence-electron chi connectivity index (χ3n) is 4.97. The Hall–Kier alpha value is -1.65. The van der Waals surface area contributed by atoms with Gasteiger partial charge >= 0.3 is 5.79 Å². The van der Waals surface area contributed by atoms with E-state index in [2.05, 4.69) is 0 Å². The van der Waals surface area contributed by atoms with Gasteiger partial charge in [0.2, 0.25) is 5.78 Å². The molecule has 0 radical (unpaired) electrons. The van der Waals surface area contributed by atoms with Crippen LogP contribution in [0.15, 0.2) is 17.7 Å². The lowest BCUT2D eigenvalue weighted by Crippen LogP contribution is -2.68. The Morgan fingerprint density at radius 2 is 1.76 bits per heavy atom. The molecular weight excluding hydrogens is 268 g/mol. The van der Waals surface area contributed by atoms with Crippen LogP contribution in [-0.2, 0) is 4.79 Å². The number of carbonyl (C=O) groups is 1. The SMILES string of the molecule is CC1=CC(=O)[C@@]2(O)Oc3c(C)c(C)cc(C)c3[C@@H]1[C@@]2(C)O. The molecule has 0 saturated carbocycles. The highest BCUT2D eigenvalue weighted by molar-refractivity contribution is 6.00. The zero-order valence-corrected chi connectivity index (χ0v) is 12.9. The van der Waals surface area contributed by atoms with Gasteiger partial charge in [0.15, 0.2) is 0 Å². The number of fused-ring (bicyclic) bond motifs is 4. The maximum Gasteiger partial charge on any atom is 0.302 e. The number of benzene rings is 1. The van der Waals surface area contributed by atoms with Crippen LogP contribution in [0.4, 0.5) is 0 Å². The average molecular weight is 288 g/mol. The van der Waals surface area contributed by atoms with E-state index in [4.69, 9.17) is 4.74 Å². The largest absolute Gasteiger partial charge is 0.451 e. The number of ether oxygens (including phenoxy) is 1. The monoisotopic (exact) mass is 288 g/mol. The van der Waals surface area contributed by atoms with Crippen molar-refractivity contribution in [1.82, 2.24) is 0 Å². The molecule has 4 nitrogen and oxygen atoms in total. The number of aryl methyl sites for hydroxylation is 2. The van der Waals surface area contributed by atoms with Gasteiger partial charge in [-0.25, -0.2) is 0 Å². The van der Waals surface area contributed by atoms with Gasteiger partial charge < -0.3 is 14.9 Å². The van der Waals surface area contributed by atoms with Crippen molar-refractivity contribution in [2.75, 3.05) is 0 Å². The summed E-state index contributed by atoms with van der Waals surface area (Å²) in [7, 11) is 0. The van der Waals surface area contributed by atoms with Crippen LogP contribution in [0, 0.1) is 20.8 Å². The minimum absolute atomic E-state index is 0.455. The number of ketones is 1. The Labute approximate surface area is 124 Å². The molecule has 0 amide bonds. The Morgan fingerprint density at radius 1 is 1.14 bits per heavy atom. The molecule has 1 aliphatic heterocycles. The highest BCUT2D eigenvalue weighted by atomic mass is 16.6. The summed E-state index contributed by atoms with van der Waals surface area (Å²) in [6.07, 6.45) is 1.38. The average Bonchev–Trinajstić information content (AvgIpc) is 2.36. The summed E-state index contributed by atoms with van der Waals surface area (Å²) in [6, 6.07) is 2.04. The highest BCUT2D eigenvalue weighted by Crippen LogP contribution is 2.54. The topological polar surface area (TPSA) is 66.8 Å². The van der Waals surface area contributed by atoms with Gasteiger partial charge in [0.25, 0.3) is 0 Å². The first kappa shape index (κ1) is 14.3. The fraction of sp³-hybridized carbons (Fsp3) is 0.471. The van der Waals surface area contributed by atoms with Crippen LogP contribution >= 0.6 is 0 Å². The van der Waals surface area contributed by atoms with Gasteiger partial charge in [0.1, 0.15) is 11.4 Å². The van der Waals surface area contributed by atoms with E-state index in [1.54, 1.807) is 6.92 Å². The predicted octanol–water partition coefficient (Wildman–Crippen LogP) is 2.06. The second kappa shape index (κ2) is 3.96. The van der Waals surface area contributed by atoms with Crippen LogP contribution in [0.25, 0.3) is 0 Å². The fourth-order valence-electron chi connectivity index (χ4n) is 3.65. The number of carbonyl (C=O) groups excluding carboxylic acids is 1. The molecule has 0 saturated heterocycles. The van der Waals surface area contributed by atoms with E-state index in [-0.39, 0.29) is 0 Å². The molecule has 3 atom stereocenters. The summed E-state index contributed by atoms with van der Waals surface area (Å²) in [5.41, 5.74) is 2.81. The number of rotatable bonds is 0. The zero-order valence-electron chi connectivity index (χ0n) is 12.9. The second-order valence-corrected chi connectivity index (χ2v) is 6.46. The summed E-state index contributed by atoms with van der Waals surface area (Å²) in [4.78, 5) is 12.2. The fourth-order valence-corrected chi connectivity index (χ4v) is 3.65. The Bertz CT molecular complexity index is 699. The molecule has 2 bridgehead atoms. The van der Waals surface area contributed by atoms with Crippen LogP contribution in [-0.4, -0.2) is 27.4 Å². The first-order valence-electron chi connectivity index (χ1n) is 7.08. The molecule has 1 aliphatic carbocycles. The van der Waals surface area contributed by atoms with Crippen molar-refractivity contribution in [1.29, 1.82) is 0 Å². The Kier molecular flexibility index (Phi) is 2.70. The van der Waals surface area contributed by atoms with Crippen LogP contribution in [0.3, 0.4) is 0 Å². The van der Waals surface area contributed by atoms with E-state index in [0.717, 1.165) is 27.8 Å². The Morgan fingerprint density at radius 3 is 2.38 bits per heavy atom. The van der Waals surface area contributed by atoms with Crippen LogP contribution in [0.1, 0.15) is 42.0 Å². The molecule has 4 heteroatoms. The lowest BCUT2D eigenvalue weighted by atomic mass is 9.65. The molecule has 1 heterocycles. The van der Waals surface area contributed by atoms with Gasteiger partial charge in [0, 0.05) is 11.5 Å². The van der Waals surface area contributed by atoms with E-state index >= 15 is 0 Å². The van der Waals surface area contributed by atoms with E-state index in [1.807, 2.05) is 26.8 Å². The smallest absolute Gasteiger partial charge is 0.302 e. The standard InChI is InChI=1S/C17H20O4/c1-8-6-9(2)13-14-10(3)7-12(18)17(20,16(14,5)19)21-15(13)11(8)4/h6-7,14,19-20H,1-5H3/t14-,16-,17-/m1/s1. The van der Waals surface area contributed by atoms with Gasteiger partial charge in [0.05, 0.1) is 0 Å². The van der Waals surface area contributed by atoms with Crippen molar-refractivity contribution >= 4 is 5.78 Å². The highest BCUT2D eigenvalue weighted by Gasteiger charge is 2.64. The number of hydrogen-bond acceptors (Lipinski definition) is 4. The third kappa shape index (κ3) is 1.54. The number of aliphatic hydroxyl groups is 2. The molecule has 0 fully saturated rings. The molecule has 0 aromatic heterocycles. The predicted molar refractivity (Wildman–Crippen MR) is 78.4 cm³/mol. The van der Waals surface area contributed by atoms with E-state index in [0.29, 0.717) is 5.75 Å². The maximum atomic E-state index is 12.2. The lowest BCUT2D eigenvalue weighted by Gasteiger charge is -2.51. The molecule has 2 aliphatic rings. The second-order valence-electron chi connectivity index (χ2n) is 6.46. The molecule has 1 aromatic rings. The van der Waals surface area contributed by atoms with Crippen molar-refractivity contribution in [2.24, 2.45) is 0 Å². The molecule has 112 valence electrons. The summed E-state index contributed by atoms with van der Waals surface area (Å²) < 4.78 is 5.67. The molecule has 0 unspecified atom stereocenters. The van der Waals surface area contributed by atoms with Gasteiger partial charge in [-0.15, -0.1) is 0 Å². The van der Waals surface area contributed by atoms with Crippen LogP contribution in [0.2, 0.25) is 0 Å². The zero-order chi connectivity index (χ0) is 15.7. The lowest BCUT2D eigenvalue weighted by molar-refractivity contribution is -0.251. The van der Waals surface area contributed by atoms with Gasteiger partial charge in [-0.05, 0) is 57.4 Å². The molecule has 21 heavy (non-hydrogen) atoms. The first-order valence-corrected chi connectivity index (χ1v) is 7.08. The van der Waals surface area contributed by atoms with E-state index < -0.39 is 23.1 Å². The van der Waals surface area contributed by atoms with Crippen LogP contribution < -0.4 is 4.74 Å². The molecule has 2 N–H and O–H groups in total. The Balaban J connectivity index is 2.42. The van der Waals surface area contributed by atoms with Crippen LogP contribution in [0.5, 0.6) is 5.75 Å². The van der Waals surface area contributed by atoms with Gasteiger partial charge in [-0.1, -0.05) is 11.6 Å². The van der Waals surface area contributed by atoms with Crippen molar-refractivity contribution < 1.29 is 19.7 Å². The number of hydrogen-bond donors (Lipinski definition) is 2. The van der Waals surface area contributed by atoms with Crippen molar-refractivity contribution in [3.8, 4) is 5.75 Å². The van der Waals surface area contributed by atoms with Crippen molar-refractivity contribution in [3.63, 3.8) is 0 Å². The normalized spacial score (nSPS) is 34.1. The summed E-state index contributed by atoms with van der Waals surface area (Å²) in [5.74, 6) is -2.77. The molecular formula is C17H20O4. The van der Waals surface area contributed by atoms with Crippen molar-refractivity contribution in [2.45, 2.75) is 51.9 Å².